The summed E-state index contributed by atoms with van der Waals surface area (Å²) in [4.78, 5) is 0. The number of halogens is 3. The summed E-state index contributed by atoms with van der Waals surface area (Å²) in [5.74, 6) is 3.47. The van der Waals surface area contributed by atoms with Gasteiger partial charge in [0.1, 0.15) is 17.3 Å². The van der Waals surface area contributed by atoms with Crippen LogP contribution in [0.3, 0.4) is 0 Å². The molecule has 3 nitrogen and oxygen atoms in total. The maximum Gasteiger partial charge on any atom is 0.485 e. The second-order valence-electron chi connectivity index (χ2n) is 6.40. The second kappa shape index (κ2) is 11.2. The van der Waals surface area contributed by atoms with Gasteiger partial charge in [0.05, 0.1) is 0 Å². The van der Waals surface area contributed by atoms with Crippen molar-refractivity contribution in [2.24, 2.45) is 0 Å². The minimum atomic E-state index is -6.09. The van der Waals surface area contributed by atoms with Gasteiger partial charge in [0.15, 0.2) is 10.1 Å². The van der Waals surface area contributed by atoms with Gasteiger partial charge < -0.3 is 4.55 Å². The molecule has 0 saturated carbocycles. The van der Waals surface area contributed by atoms with Crippen molar-refractivity contribution >= 4 is 21.0 Å². The SMILES string of the molecule is O=S(=O)([O-])C(F)(F)F.c1ccc(C[S+](Cc2ccccc2)Cc2ccccc2)cc1. The standard InChI is InChI=1S/C21H21S.CHF3O3S/c1-4-10-19(11-5-1)16-22(17-20-12-6-2-7-13-20)18-21-14-8-3-9-15-21;2-1(3,4)8(5,6)7/h1-15H,16-18H2;(H,5,6,7)/q+1;/p-1. The lowest BCUT2D eigenvalue weighted by Crippen LogP contribution is -2.21. The molecule has 0 aliphatic heterocycles. The van der Waals surface area contributed by atoms with E-state index >= 15 is 0 Å². The van der Waals surface area contributed by atoms with Crippen LogP contribution >= 0.6 is 0 Å². The summed E-state index contributed by atoms with van der Waals surface area (Å²) < 4.78 is 58.9. The van der Waals surface area contributed by atoms with Crippen LogP contribution in [-0.2, 0) is 38.3 Å². The highest BCUT2D eigenvalue weighted by Gasteiger charge is 2.36. The van der Waals surface area contributed by atoms with E-state index in [2.05, 4.69) is 91.0 Å². The Labute approximate surface area is 177 Å². The molecule has 0 aliphatic carbocycles. The Morgan fingerprint density at radius 2 is 0.867 bits per heavy atom. The van der Waals surface area contributed by atoms with Gasteiger partial charge in [0.25, 0.3) is 0 Å². The Balaban J connectivity index is 0.000000343. The summed E-state index contributed by atoms with van der Waals surface area (Å²) in [6.45, 7) is 0. The molecule has 0 saturated heterocycles. The third kappa shape index (κ3) is 8.61. The van der Waals surface area contributed by atoms with Crippen LogP contribution < -0.4 is 0 Å². The molecule has 0 aliphatic rings. The molecule has 3 aromatic carbocycles. The van der Waals surface area contributed by atoms with Crippen LogP contribution in [0.5, 0.6) is 0 Å². The lowest BCUT2D eigenvalue weighted by atomic mass is 10.2. The second-order valence-corrected chi connectivity index (χ2v) is 9.86. The summed E-state index contributed by atoms with van der Waals surface area (Å²) >= 11 is 0. The molecule has 160 valence electrons. The Kier molecular flexibility index (Phi) is 8.95. The van der Waals surface area contributed by atoms with Crippen LogP contribution in [0.4, 0.5) is 13.2 Å². The van der Waals surface area contributed by atoms with Crippen LogP contribution in [0.1, 0.15) is 16.7 Å². The maximum atomic E-state index is 10.7. The highest BCUT2D eigenvalue weighted by molar-refractivity contribution is 7.94. The molecule has 30 heavy (non-hydrogen) atoms. The third-order valence-electron chi connectivity index (χ3n) is 3.92. The van der Waals surface area contributed by atoms with Gasteiger partial charge in [0, 0.05) is 27.6 Å². The number of hydrogen-bond donors (Lipinski definition) is 0. The fourth-order valence-corrected chi connectivity index (χ4v) is 4.88. The van der Waals surface area contributed by atoms with Gasteiger partial charge in [-0.3, -0.25) is 0 Å². The van der Waals surface area contributed by atoms with Crippen LogP contribution in [-0.4, -0.2) is 18.5 Å². The zero-order chi connectivity index (χ0) is 22.0. The topological polar surface area (TPSA) is 57.2 Å². The summed E-state index contributed by atoms with van der Waals surface area (Å²) in [5.41, 5.74) is -1.32. The van der Waals surface area contributed by atoms with Gasteiger partial charge in [-0.15, -0.1) is 0 Å². The summed E-state index contributed by atoms with van der Waals surface area (Å²) in [6.07, 6.45) is 0. The van der Waals surface area contributed by atoms with Crippen molar-refractivity contribution in [2.45, 2.75) is 22.8 Å². The lowest BCUT2D eigenvalue weighted by Gasteiger charge is -2.10. The molecule has 0 spiro atoms. The van der Waals surface area contributed by atoms with Crippen molar-refractivity contribution < 1.29 is 26.1 Å². The minimum Gasteiger partial charge on any atom is -0.741 e. The summed E-state index contributed by atoms with van der Waals surface area (Å²) in [6, 6.07) is 32.6. The first-order chi connectivity index (χ1) is 14.1. The van der Waals surface area contributed by atoms with Gasteiger partial charge in [-0.2, -0.15) is 13.2 Å². The summed E-state index contributed by atoms with van der Waals surface area (Å²) in [7, 11) is -5.77. The van der Waals surface area contributed by atoms with E-state index in [0.29, 0.717) is 10.9 Å². The average Bonchev–Trinajstić information content (AvgIpc) is 2.69. The van der Waals surface area contributed by atoms with Gasteiger partial charge in [-0.25, -0.2) is 8.42 Å². The third-order valence-corrected chi connectivity index (χ3v) is 6.72. The molecule has 0 N–H and O–H groups in total. The highest BCUT2D eigenvalue weighted by Crippen LogP contribution is 2.21. The van der Waals surface area contributed by atoms with E-state index in [1.165, 1.54) is 16.7 Å². The normalized spacial score (nSPS) is 11.6. The molecule has 0 aromatic heterocycles. The zero-order valence-electron chi connectivity index (χ0n) is 16.0. The molecule has 0 radical (unpaired) electrons. The smallest absolute Gasteiger partial charge is 0.485 e. The van der Waals surface area contributed by atoms with Crippen LogP contribution in [0.15, 0.2) is 91.0 Å². The van der Waals surface area contributed by atoms with E-state index in [-0.39, 0.29) is 0 Å². The fraction of sp³-hybridized carbons (Fsp3) is 0.182. The largest absolute Gasteiger partial charge is 0.741 e. The van der Waals surface area contributed by atoms with E-state index in [1.807, 2.05) is 0 Å². The molecular weight excluding hydrogens is 433 g/mol. The molecule has 8 heteroatoms. The molecular formula is C22H21F3O3S2. The van der Waals surface area contributed by atoms with Crippen LogP contribution in [0.2, 0.25) is 0 Å². The lowest BCUT2D eigenvalue weighted by molar-refractivity contribution is -0.0517. The molecule has 0 fully saturated rings. The van der Waals surface area contributed by atoms with Crippen molar-refractivity contribution in [1.82, 2.24) is 0 Å². The van der Waals surface area contributed by atoms with E-state index in [1.54, 1.807) is 0 Å². The van der Waals surface area contributed by atoms with E-state index < -0.39 is 15.6 Å². The Morgan fingerprint density at radius 1 is 0.633 bits per heavy atom. The van der Waals surface area contributed by atoms with E-state index in [4.69, 9.17) is 13.0 Å². The molecule has 0 unspecified atom stereocenters. The Morgan fingerprint density at radius 3 is 1.07 bits per heavy atom. The molecule has 3 aromatic rings. The maximum absolute atomic E-state index is 10.7. The quantitative estimate of drug-likeness (QED) is 0.290. The van der Waals surface area contributed by atoms with Crippen molar-refractivity contribution in [3.8, 4) is 0 Å². The van der Waals surface area contributed by atoms with Crippen molar-refractivity contribution in [1.29, 1.82) is 0 Å². The first kappa shape index (κ1) is 24.0. The number of rotatable bonds is 6. The van der Waals surface area contributed by atoms with Gasteiger partial charge in [0.2, 0.25) is 0 Å². The Bertz CT molecular complexity index is 880. The Hall–Kier alpha value is -2.29. The summed E-state index contributed by atoms with van der Waals surface area (Å²) in [5, 5.41) is 0. The molecule has 0 heterocycles. The minimum absolute atomic E-state index is 0.323. The molecule has 0 bridgehead atoms. The predicted molar refractivity (Wildman–Crippen MR) is 114 cm³/mol. The first-order valence-corrected chi connectivity index (χ1v) is 12.1. The predicted octanol–water partition coefficient (Wildman–Crippen LogP) is 5.26. The number of alkyl halides is 3. The number of hydrogen-bond acceptors (Lipinski definition) is 3. The van der Waals surface area contributed by atoms with E-state index in [0.717, 1.165) is 17.3 Å². The van der Waals surface area contributed by atoms with Crippen molar-refractivity contribution in [2.75, 3.05) is 0 Å². The van der Waals surface area contributed by atoms with Crippen molar-refractivity contribution in [3.63, 3.8) is 0 Å². The first-order valence-electron chi connectivity index (χ1n) is 8.93. The monoisotopic (exact) mass is 454 g/mol. The zero-order valence-corrected chi connectivity index (χ0v) is 17.6. The van der Waals surface area contributed by atoms with Crippen molar-refractivity contribution in [3.05, 3.63) is 108 Å². The van der Waals surface area contributed by atoms with Gasteiger partial charge in [-0.1, -0.05) is 91.0 Å². The molecule has 3 rings (SSSR count). The van der Waals surface area contributed by atoms with Crippen LogP contribution in [0.25, 0.3) is 0 Å². The molecule has 0 atom stereocenters. The van der Waals surface area contributed by atoms with Gasteiger partial charge >= 0.3 is 5.51 Å². The number of benzene rings is 3. The van der Waals surface area contributed by atoms with Gasteiger partial charge in [-0.05, 0) is 0 Å². The highest BCUT2D eigenvalue weighted by atomic mass is 32.2. The fourth-order valence-electron chi connectivity index (χ4n) is 2.58. The average molecular weight is 455 g/mol. The van der Waals surface area contributed by atoms with E-state index in [9.17, 15) is 13.2 Å². The van der Waals surface area contributed by atoms with Crippen LogP contribution in [0, 0.1) is 0 Å². The molecule has 0 amide bonds.